The molecular formula is C25H29F3N4O3S. The topological polar surface area (TPSA) is 70.9 Å². The fourth-order valence-corrected chi connectivity index (χ4v) is 5.01. The van der Waals surface area contributed by atoms with Gasteiger partial charge in [0.25, 0.3) is 5.69 Å². The van der Waals surface area contributed by atoms with Crippen LogP contribution in [0, 0.1) is 10.1 Å². The normalized spacial score (nSPS) is 20.8. The Morgan fingerprint density at radius 2 is 1.72 bits per heavy atom. The van der Waals surface area contributed by atoms with Crippen LogP contribution in [0.15, 0.2) is 48.5 Å². The van der Waals surface area contributed by atoms with E-state index in [-0.39, 0.29) is 17.8 Å². The van der Waals surface area contributed by atoms with Crippen LogP contribution in [0.5, 0.6) is 0 Å². The van der Waals surface area contributed by atoms with Gasteiger partial charge in [-0.3, -0.25) is 10.1 Å². The number of thiocarbonyl (C=S) groups is 1. The Hall–Kier alpha value is -2.92. The van der Waals surface area contributed by atoms with Gasteiger partial charge in [-0.05, 0) is 49.9 Å². The Morgan fingerprint density at radius 3 is 2.33 bits per heavy atom. The number of piperazine rings is 1. The first-order valence-corrected chi connectivity index (χ1v) is 12.4. The molecule has 0 bridgehead atoms. The number of rotatable bonds is 7. The lowest BCUT2D eigenvalue weighted by Gasteiger charge is -2.38. The maximum atomic E-state index is 13.2. The van der Waals surface area contributed by atoms with E-state index in [2.05, 4.69) is 27.2 Å². The maximum Gasteiger partial charge on any atom is 0.423 e. The summed E-state index contributed by atoms with van der Waals surface area (Å²) in [5.74, 6) is 0. The Kier molecular flexibility index (Phi) is 8.30. The Bertz CT molecular complexity index is 1050. The van der Waals surface area contributed by atoms with Crippen LogP contribution in [0.2, 0.25) is 0 Å². The SMILES string of the molecule is O=[N+]([O-])c1ccc(N[C@H]2CC[C@H](OCC(=S)N3CCN(c4ccccc4)CC3)CC2)cc1C(F)(F)F. The van der Waals surface area contributed by atoms with E-state index in [4.69, 9.17) is 17.0 Å². The quantitative estimate of drug-likeness (QED) is 0.292. The highest BCUT2D eigenvalue weighted by Crippen LogP contribution is 2.38. The molecule has 1 N–H and O–H groups in total. The number of nitrogens with zero attached hydrogens (tertiary/aromatic N) is 3. The third kappa shape index (κ3) is 6.64. The van der Waals surface area contributed by atoms with Gasteiger partial charge in [0.1, 0.15) is 10.6 Å². The number of nitro benzene ring substituents is 1. The average Bonchev–Trinajstić information content (AvgIpc) is 2.88. The molecule has 1 aliphatic carbocycles. The van der Waals surface area contributed by atoms with Crippen LogP contribution in [0.25, 0.3) is 0 Å². The van der Waals surface area contributed by atoms with Gasteiger partial charge in [-0.1, -0.05) is 30.4 Å². The van der Waals surface area contributed by atoms with Crippen LogP contribution in [0.3, 0.4) is 0 Å². The summed E-state index contributed by atoms with van der Waals surface area (Å²) in [6, 6.07) is 13.3. The smallest absolute Gasteiger partial charge is 0.382 e. The summed E-state index contributed by atoms with van der Waals surface area (Å²) >= 11 is 5.61. The van der Waals surface area contributed by atoms with Crippen molar-refractivity contribution in [3.05, 3.63) is 64.2 Å². The van der Waals surface area contributed by atoms with Gasteiger partial charge < -0.3 is 19.9 Å². The van der Waals surface area contributed by atoms with Gasteiger partial charge in [0.15, 0.2) is 0 Å². The van der Waals surface area contributed by atoms with E-state index in [0.717, 1.165) is 69.0 Å². The second-order valence-electron chi connectivity index (χ2n) is 9.12. The highest BCUT2D eigenvalue weighted by atomic mass is 32.1. The van der Waals surface area contributed by atoms with Crippen molar-refractivity contribution in [3.8, 4) is 0 Å². The van der Waals surface area contributed by atoms with Gasteiger partial charge in [0.05, 0.1) is 17.6 Å². The molecule has 1 saturated carbocycles. The number of anilines is 2. The third-order valence-corrected chi connectivity index (χ3v) is 7.12. The summed E-state index contributed by atoms with van der Waals surface area (Å²) in [6.45, 7) is 3.89. The van der Waals surface area contributed by atoms with Crippen LogP contribution < -0.4 is 10.2 Å². The molecule has 0 atom stereocenters. The highest BCUT2D eigenvalue weighted by molar-refractivity contribution is 7.80. The van der Waals surface area contributed by atoms with Gasteiger partial charge >= 0.3 is 6.18 Å². The predicted octanol–water partition coefficient (Wildman–Crippen LogP) is 5.50. The van der Waals surface area contributed by atoms with E-state index in [9.17, 15) is 23.3 Å². The molecule has 2 aromatic rings. The molecule has 11 heteroatoms. The molecule has 1 saturated heterocycles. The van der Waals surface area contributed by atoms with Crippen molar-refractivity contribution in [2.75, 3.05) is 43.0 Å². The lowest BCUT2D eigenvalue weighted by Crippen LogP contribution is -2.49. The van der Waals surface area contributed by atoms with Gasteiger partial charge in [0.2, 0.25) is 0 Å². The van der Waals surface area contributed by atoms with Gasteiger partial charge in [-0.15, -0.1) is 0 Å². The second kappa shape index (κ2) is 11.4. The van der Waals surface area contributed by atoms with Crippen molar-refractivity contribution in [1.82, 2.24) is 4.90 Å². The number of para-hydroxylation sites is 1. The Morgan fingerprint density at radius 1 is 1.06 bits per heavy atom. The van der Waals surface area contributed by atoms with Crippen molar-refractivity contribution < 1.29 is 22.8 Å². The molecule has 0 radical (unpaired) electrons. The van der Waals surface area contributed by atoms with Crippen LogP contribution >= 0.6 is 12.2 Å². The Balaban J connectivity index is 1.20. The maximum absolute atomic E-state index is 13.2. The van der Waals surface area contributed by atoms with Crippen molar-refractivity contribution in [2.45, 2.75) is 44.0 Å². The zero-order valence-corrected chi connectivity index (χ0v) is 20.6. The van der Waals surface area contributed by atoms with E-state index in [0.29, 0.717) is 6.61 Å². The minimum atomic E-state index is -4.79. The fourth-order valence-electron chi connectivity index (χ4n) is 4.75. The number of benzene rings is 2. The van der Waals surface area contributed by atoms with E-state index < -0.39 is 22.4 Å². The average molecular weight is 523 g/mol. The minimum absolute atomic E-state index is 0.0228. The predicted molar refractivity (Wildman–Crippen MR) is 137 cm³/mol. The molecule has 0 aromatic heterocycles. The first-order chi connectivity index (χ1) is 17.2. The van der Waals surface area contributed by atoms with E-state index in [1.165, 1.54) is 11.8 Å². The van der Waals surface area contributed by atoms with Crippen LogP contribution in [0.1, 0.15) is 31.2 Å². The standard InChI is InChI=1S/C25H29F3N4O3S/c26-25(27,28)22-16-19(8-11-23(22)32(33)34)29-18-6-9-21(10-7-18)35-17-24(36)31-14-12-30(13-15-31)20-4-2-1-3-5-20/h1-5,8,11,16,18,21,29H,6-7,9-10,12-15,17H2/t18-,21-. The zero-order valence-electron chi connectivity index (χ0n) is 19.7. The second-order valence-corrected chi connectivity index (χ2v) is 9.59. The molecule has 0 unspecified atom stereocenters. The molecule has 2 aliphatic rings. The molecule has 0 amide bonds. The summed E-state index contributed by atoms with van der Waals surface area (Å²) in [5.41, 5.74) is -0.739. The monoisotopic (exact) mass is 522 g/mol. The van der Waals surface area contributed by atoms with Crippen LogP contribution in [-0.4, -0.2) is 59.7 Å². The lowest BCUT2D eigenvalue weighted by molar-refractivity contribution is -0.388. The minimum Gasteiger partial charge on any atom is -0.382 e. The molecule has 2 aromatic carbocycles. The number of alkyl halides is 3. The fraction of sp³-hybridized carbons (Fsp3) is 0.480. The molecule has 1 heterocycles. The first kappa shape index (κ1) is 26.2. The molecule has 1 aliphatic heterocycles. The summed E-state index contributed by atoms with van der Waals surface area (Å²) in [5, 5.41) is 14.0. The van der Waals surface area contributed by atoms with Crippen LogP contribution in [-0.2, 0) is 10.9 Å². The summed E-state index contributed by atoms with van der Waals surface area (Å²) < 4.78 is 45.8. The number of ether oxygens (including phenoxy) is 1. The van der Waals surface area contributed by atoms with Crippen molar-refractivity contribution >= 4 is 34.3 Å². The first-order valence-electron chi connectivity index (χ1n) is 12.0. The molecule has 2 fully saturated rings. The number of nitro groups is 1. The van der Waals surface area contributed by atoms with Gasteiger partial charge in [-0.25, -0.2) is 0 Å². The van der Waals surface area contributed by atoms with Crippen molar-refractivity contribution in [2.24, 2.45) is 0 Å². The molecule has 0 spiro atoms. The number of nitrogens with one attached hydrogen (secondary N) is 1. The van der Waals surface area contributed by atoms with Crippen molar-refractivity contribution in [3.63, 3.8) is 0 Å². The van der Waals surface area contributed by atoms with Crippen molar-refractivity contribution in [1.29, 1.82) is 0 Å². The molecule has 7 nitrogen and oxygen atoms in total. The molecular weight excluding hydrogens is 493 g/mol. The third-order valence-electron chi connectivity index (χ3n) is 6.74. The Labute approximate surface area is 213 Å². The van der Waals surface area contributed by atoms with E-state index in [1.54, 1.807) is 0 Å². The zero-order chi connectivity index (χ0) is 25.7. The number of hydrogen-bond donors (Lipinski definition) is 1. The van der Waals surface area contributed by atoms with Crippen LogP contribution in [0.4, 0.5) is 30.2 Å². The summed E-state index contributed by atoms with van der Waals surface area (Å²) in [7, 11) is 0. The largest absolute Gasteiger partial charge is 0.423 e. The lowest BCUT2D eigenvalue weighted by atomic mass is 9.92. The van der Waals surface area contributed by atoms with Gasteiger partial charge in [-0.2, -0.15) is 13.2 Å². The molecule has 36 heavy (non-hydrogen) atoms. The molecule has 4 rings (SSSR count). The summed E-state index contributed by atoms with van der Waals surface area (Å²) in [4.78, 5) is 15.3. The van der Waals surface area contributed by atoms with Gasteiger partial charge in [0, 0.05) is 49.7 Å². The van der Waals surface area contributed by atoms with E-state index in [1.807, 2.05) is 18.2 Å². The molecule has 194 valence electrons. The number of hydrogen-bond acceptors (Lipinski definition) is 6. The number of halogens is 3. The summed E-state index contributed by atoms with van der Waals surface area (Å²) in [6.07, 6.45) is -1.76. The van der Waals surface area contributed by atoms with E-state index >= 15 is 0 Å². The highest BCUT2D eigenvalue weighted by Gasteiger charge is 2.38.